The van der Waals surface area contributed by atoms with E-state index in [1.54, 1.807) is 0 Å². The van der Waals surface area contributed by atoms with Crippen LogP contribution < -0.4 is 9.80 Å². The topological polar surface area (TPSA) is 59.3 Å². The first-order valence-electron chi connectivity index (χ1n) is 8.86. The molecule has 1 aliphatic heterocycles. The lowest BCUT2D eigenvalue weighted by molar-refractivity contribution is 0.252. The molecule has 6 heteroatoms. The highest BCUT2D eigenvalue weighted by Crippen LogP contribution is 2.27. The highest BCUT2D eigenvalue weighted by Gasteiger charge is 2.23. The van der Waals surface area contributed by atoms with Crippen molar-refractivity contribution in [2.45, 2.75) is 25.3 Å². The molecule has 25 heavy (non-hydrogen) atoms. The van der Waals surface area contributed by atoms with E-state index in [2.05, 4.69) is 34.9 Å². The number of fused-ring (bicyclic) bond motifs is 1. The molecule has 0 unspecified atom stereocenters. The van der Waals surface area contributed by atoms with Gasteiger partial charge in [-0.05, 0) is 45.1 Å². The van der Waals surface area contributed by atoms with E-state index in [4.69, 9.17) is 15.2 Å². The SMILES string of the molecule is CN1CCC(N(C)c2nc(N(C)CCC#N)c3ccccc3n2)CC1. The van der Waals surface area contributed by atoms with Gasteiger partial charge in [-0.3, -0.25) is 0 Å². The molecule has 1 aromatic carbocycles. The predicted molar refractivity (Wildman–Crippen MR) is 102 cm³/mol. The monoisotopic (exact) mass is 338 g/mol. The number of likely N-dealkylation sites (tertiary alicyclic amines) is 1. The van der Waals surface area contributed by atoms with Gasteiger partial charge in [0.25, 0.3) is 0 Å². The number of piperidine rings is 1. The quantitative estimate of drug-likeness (QED) is 0.835. The summed E-state index contributed by atoms with van der Waals surface area (Å²) >= 11 is 0. The van der Waals surface area contributed by atoms with Crippen LogP contribution in [0.15, 0.2) is 24.3 Å². The molecule has 0 N–H and O–H groups in total. The van der Waals surface area contributed by atoms with E-state index in [1.807, 2.05) is 31.3 Å². The second-order valence-electron chi connectivity index (χ2n) is 6.84. The predicted octanol–water partition coefficient (Wildman–Crippen LogP) is 2.51. The van der Waals surface area contributed by atoms with Crippen molar-refractivity contribution in [1.82, 2.24) is 14.9 Å². The summed E-state index contributed by atoms with van der Waals surface area (Å²) in [6.45, 7) is 2.88. The molecule has 1 saturated heterocycles. The van der Waals surface area contributed by atoms with Gasteiger partial charge in [0.15, 0.2) is 0 Å². The van der Waals surface area contributed by atoms with Crippen molar-refractivity contribution in [3.05, 3.63) is 24.3 Å². The van der Waals surface area contributed by atoms with Crippen LogP contribution in [-0.4, -0.2) is 61.7 Å². The highest BCUT2D eigenvalue weighted by molar-refractivity contribution is 5.90. The van der Waals surface area contributed by atoms with Gasteiger partial charge in [-0.25, -0.2) is 4.98 Å². The van der Waals surface area contributed by atoms with Crippen LogP contribution in [0.4, 0.5) is 11.8 Å². The van der Waals surface area contributed by atoms with E-state index in [-0.39, 0.29) is 0 Å². The third-order valence-corrected chi connectivity index (χ3v) is 5.04. The van der Waals surface area contributed by atoms with Gasteiger partial charge in [0.2, 0.25) is 5.95 Å². The molecule has 1 aliphatic rings. The molecular formula is C19H26N6. The fourth-order valence-electron chi connectivity index (χ4n) is 3.37. The molecule has 1 aromatic heterocycles. The van der Waals surface area contributed by atoms with Gasteiger partial charge in [0.1, 0.15) is 5.82 Å². The van der Waals surface area contributed by atoms with Gasteiger partial charge in [-0.2, -0.15) is 10.2 Å². The summed E-state index contributed by atoms with van der Waals surface area (Å²) in [5, 5.41) is 9.92. The second kappa shape index (κ2) is 7.66. The Bertz CT molecular complexity index is 760. The van der Waals surface area contributed by atoms with Crippen LogP contribution in [-0.2, 0) is 0 Å². The molecule has 0 atom stereocenters. The van der Waals surface area contributed by atoms with Crippen molar-refractivity contribution in [2.75, 3.05) is 50.6 Å². The van der Waals surface area contributed by atoms with Gasteiger partial charge in [0.05, 0.1) is 18.0 Å². The lowest BCUT2D eigenvalue weighted by Crippen LogP contribution is -2.42. The Morgan fingerprint density at radius 1 is 1.20 bits per heavy atom. The van der Waals surface area contributed by atoms with Crippen LogP contribution in [0.5, 0.6) is 0 Å². The molecule has 0 radical (unpaired) electrons. The third kappa shape index (κ3) is 3.83. The Labute approximate surface area is 149 Å². The highest BCUT2D eigenvalue weighted by atomic mass is 15.3. The van der Waals surface area contributed by atoms with Gasteiger partial charge in [-0.1, -0.05) is 12.1 Å². The van der Waals surface area contributed by atoms with Crippen LogP contribution in [0, 0.1) is 11.3 Å². The zero-order valence-electron chi connectivity index (χ0n) is 15.3. The third-order valence-electron chi connectivity index (χ3n) is 5.04. The zero-order valence-corrected chi connectivity index (χ0v) is 15.3. The minimum Gasteiger partial charge on any atom is -0.358 e. The van der Waals surface area contributed by atoms with Crippen LogP contribution >= 0.6 is 0 Å². The fraction of sp³-hybridized carbons (Fsp3) is 0.526. The maximum atomic E-state index is 8.89. The molecular weight excluding hydrogens is 312 g/mol. The van der Waals surface area contributed by atoms with Crippen molar-refractivity contribution >= 4 is 22.7 Å². The molecule has 1 fully saturated rings. The molecule has 3 rings (SSSR count). The van der Waals surface area contributed by atoms with Crippen LogP contribution in [0.1, 0.15) is 19.3 Å². The minimum absolute atomic E-state index is 0.467. The molecule has 132 valence electrons. The fourth-order valence-corrected chi connectivity index (χ4v) is 3.37. The Balaban J connectivity index is 1.94. The lowest BCUT2D eigenvalue weighted by atomic mass is 10.0. The summed E-state index contributed by atoms with van der Waals surface area (Å²) in [6, 6.07) is 10.8. The smallest absolute Gasteiger partial charge is 0.227 e. The number of nitrogens with zero attached hydrogens (tertiary/aromatic N) is 6. The Morgan fingerprint density at radius 3 is 2.64 bits per heavy atom. The summed E-state index contributed by atoms with van der Waals surface area (Å²) < 4.78 is 0. The molecule has 0 bridgehead atoms. The molecule has 0 aliphatic carbocycles. The molecule has 6 nitrogen and oxygen atoms in total. The molecule has 2 heterocycles. The number of aromatic nitrogens is 2. The van der Waals surface area contributed by atoms with Crippen molar-refractivity contribution in [3.8, 4) is 6.07 Å². The van der Waals surface area contributed by atoms with Crippen molar-refractivity contribution < 1.29 is 0 Å². The van der Waals surface area contributed by atoms with Gasteiger partial charge in [-0.15, -0.1) is 0 Å². The van der Waals surface area contributed by atoms with Crippen molar-refractivity contribution in [2.24, 2.45) is 0 Å². The summed E-state index contributed by atoms with van der Waals surface area (Å²) in [5.41, 5.74) is 0.950. The summed E-state index contributed by atoms with van der Waals surface area (Å²) in [7, 11) is 6.26. The van der Waals surface area contributed by atoms with Crippen molar-refractivity contribution in [1.29, 1.82) is 5.26 Å². The van der Waals surface area contributed by atoms with E-state index in [1.165, 1.54) is 0 Å². The van der Waals surface area contributed by atoms with Crippen LogP contribution in [0.3, 0.4) is 0 Å². The van der Waals surface area contributed by atoms with Crippen LogP contribution in [0.2, 0.25) is 0 Å². The first-order valence-corrected chi connectivity index (χ1v) is 8.86. The number of para-hydroxylation sites is 1. The number of hydrogen-bond donors (Lipinski definition) is 0. The molecule has 0 amide bonds. The standard InChI is InChI=1S/C19H26N6/c1-23-13-9-15(10-14-23)25(3)19-21-17-8-5-4-7-16(17)18(22-19)24(2)12-6-11-20/h4-5,7-8,15H,6,9-10,12-14H2,1-3H3. The largest absolute Gasteiger partial charge is 0.358 e. The summed E-state index contributed by atoms with van der Waals surface area (Å²) in [4.78, 5) is 16.3. The Morgan fingerprint density at radius 2 is 1.92 bits per heavy atom. The molecule has 0 saturated carbocycles. The lowest BCUT2D eigenvalue weighted by Gasteiger charge is -2.35. The number of hydrogen-bond acceptors (Lipinski definition) is 6. The first kappa shape index (κ1) is 17.4. The Hall–Kier alpha value is -2.39. The Kier molecular flexibility index (Phi) is 5.34. The van der Waals surface area contributed by atoms with Crippen LogP contribution in [0.25, 0.3) is 10.9 Å². The summed E-state index contributed by atoms with van der Waals surface area (Å²) in [6.07, 6.45) is 2.74. The van der Waals surface area contributed by atoms with E-state index >= 15 is 0 Å². The van der Waals surface area contributed by atoms with E-state index in [9.17, 15) is 0 Å². The molecule has 2 aromatic rings. The molecule has 0 spiro atoms. The number of rotatable bonds is 5. The van der Waals surface area contributed by atoms with E-state index in [0.29, 0.717) is 19.0 Å². The normalized spacial score (nSPS) is 15.9. The number of benzene rings is 1. The van der Waals surface area contributed by atoms with Gasteiger partial charge < -0.3 is 14.7 Å². The van der Waals surface area contributed by atoms with Gasteiger partial charge in [0, 0.05) is 32.1 Å². The zero-order chi connectivity index (χ0) is 17.8. The maximum absolute atomic E-state index is 8.89. The van der Waals surface area contributed by atoms with E-state index < -0.39 is 0 Å². The minimum atomic E-state index is 0.467. The first-order chi connectivity index (χ1) is 12.1. The number of anilines is 2. The number of nitriles is 1. The second-order valence-corrected chi connectivity index (χ2v) is 6.84. The van der Waals surface area contributed by atoms with Gasteiger partial charge >= 0.3 is 0 Å². The van der Waals surface area contributed by atoms with E-state index in [0.717, 1.165) is 48.6 Å². The average Bonchev–Trinajstić information content (AvgIpc) is 2.65. The summed E-state index contributed by atoms with van der Waals surface area (Å²) in [5.74, 6) is 1.67. The maximum Gasteiger partial charge on any atom is 0.227 e. The average molecular weight is 338 g/mol. The van der Waals surface area contributed by atoms with Crippen molar-refractivity contribution in [3.63, 3.8) is 0 Å².